The van der Waals surface area contributed by atoms with E-state index in [1.54, 1.807) is 24.7 Å². The van der Waals surface area contributed by atoms with Crippen LogP contribution in [0.3, 0.4) is 0 Å². The summed E-state index contributed by atoms with van der Waals surface area (Å²) in [5.41, 5.74) is 0.984. The van der Waals surface area contributed by atoms with E-state index in [9.17, 15) is 5.11 Å². The van der Waals surface area contributed by atoms with E-state index in [2.05, 4.69) is 4.98 Å². The van der Waals surface area contributed by atoms with Crippen LogP contribution in [-0.2, 0) is 6.54 Å². The Morgan fingerprint density at radius 1 is 1.38 bits per heavy atom. The molecule has 0 atom stereocenters. The van der Waals surface area contributed by atoms with Crippen LogP contribution in [0.4, 0.5) is 0 Å². The van der Waals surface area contributed by atoms with Gasteiger partial charge in [0.25, 0.3) is 0 Å². The summed E-state index contributed by atoms with van der Waals surface area (Å²) in [4.78, 5) is 3.94. The molecule has 0 aliphatic heterocycles. The van der Waals surface area contributed by atoms with Gasteiger partial charge < -0.3 is 14.4 Å². The Hall–Kier alpha value is -1.97. The summed E-state index contributed by atoms with van der Waals surface area (Å²) in [5, 5.41) is 9.38. The summed E-state index contributed by atoms with van der Waals surface area (Å²) in [6, 6.07) is 5.21. The third kappa shape index (κ3) is 2.76. The maximum absolute atomic E-state index is 9.38. The van der Waals surface area contributed by atoms with E-state index in [0.29, 0.717) is 12.4 Å². The van der Waals surface area contributed by atoms with E-state index < -0.39 is 0 Å². The van der Waals surface area contributed by atoms with Gasteiger partial charge in [0.2, 0.25) is 0 Å². The first-order valence-corrected chi connectivity index (χ1v) is 5.13. The van der Waals surface area contributed by atoms with E-state index in [4.69, 9.17) is 4.74 Å². The number of hydrogen-bond donors (Lipinski definition) is 1. The summed E-state index contributed by atoms with van der Waals surface area (Å²) in [5.74, 6) is 0.926. The van der Waals surface area contributed by atoms with Gasteiger partial charge >= 0.3 is 0 Å². The van der Waals surface area contributed by atoms with Gasteiger partial charge in [0.15, 0.2) is 0 Å². The number of rotatable bonds is 4. The Bertz CT molecular complexity index is 432. The minimum absolute atomic E-state index is 0.234. The smallest absolute Gasteiger partial charge is 0.123 e. The van der Waals surface area contributed by atoms with Crippen LogP contribution in [0.5, 0.6) is 11.5 Å². The first-order valence-electron chi connectivity index (χ1n) is 5.13. The highest BCUT2D eigenvalue weighted by atomic mass is 16.5. The Morgan fingerprint density at radius 2 is 2.25 bits per heavy atom. The van der Waals surface area contributed by atoms with Crippen molar-refractivity contribution < 1.29 is 9.84 Å². The largest absolute Gasteiger partial charge is 0.508 e. The van der Waals surface area contributed by atoms with Crippen LogP contribution in [0.1, 0.15) is 5.56 Å². The molecule has 0 radical (unpaired) electrons. The van der Waals surface area contributed by atoms with Gasteiger partial charge in [-0.1, -0.05) is 0 Å². The zero-order valence-corrected chi connectivity index (χ0v) is 9.13. The lowest BCUT2D eigenvalue weighted by Crippen LogP contribution is -2.06. The standard InChI is InChI=1S/C12H14N2O2/c1-10-6-11(15)8-12(7-10)16-5-4-14-3-2-13-9-14/h2-3,6-9,15H,4-5H2,1H3. The first-order chi connectivity index (χ1) is 7.74. The van der Waals surface area contributed by atoms with Crippen LogP contribution in [-0.4, -0.2) is 21.3 Å². The monoisotopic (exact) mass is 218 g/mol. The van der Waals surface area contributed by atoms with Crippen LogP contribution in [0.2, 0.25) is 0 Å². The fourth-order valence-corrected chi connectivity index (χ4v) is 1.50. The topological polar surface area (TPSA) is 47.3 Å². The number of benzene rings is 1. The SMILES string of the molecule is Cc1cc(O)cc(OCCn2ccnc2)c1. The molecule has 0 unspecified atom stereocenters. The highest BCUT2D eigenvalue weighted by Crippen LogP contribution is 2.20. The van der Waals surface area contributed by atoms with Crippen molar-refractivity contribution in [2.24, 2.45) is 0 Å². The van der Waals surface area contributed by atoms with E-state index in [1.807, 2.05) is 23.8 Å². The lowest BCUT2D eigenvalue weighted by atomic mass is 10.2. The van der Waals surface area contributed by atoms with E-state index in [0.717, 1.165) is 12.1 Å². The van der Waals surface area contributed by atoms with E-state index >= 15 is 0 Å². The van der Waals surface area contributed by atoms with Gasteiger partial charge in [-0.05, 0) is 24.6 Å². The second-order valence-corrected chi connectivity index (χ2v) is 3.65. The molecule has 1 aromatic carbocycles. The molecule has 1 heterocycles. The fourth-order valence-electron chi connectivity index (χ4n) is 1.50. The molecule has 84 valence electrons. The lowest BCUT2D eigenvalue weighted by Gasteiger charge is -2.07. The van der Waals surface area contributed by atoms with Crippen LogP contribution < -0.4 is 4.74 Å². The van der Waals surface area contributed by atoms with E-state index in [-0.39, 0.29) is 5.75 Å². The molecule has 4 heteroatoms. The molecular formula is C12H14N2O2. The van der Waals surface area contributed by atoms with Crippen molar-refractivity contribution in [3.05, 3.63) is 42.5 Å². The first kappa shape index (κ1) is 10.5. The van der Waals surface area contributed by atoms with Gasteiger partial charge in [0.1, 0.15) is 18.1 Å². The molecule has 4 nitrogen and oxygen atoms in total. The molecule has 0 aliphatic rings. The minimum Gasteiger partial charge on any atom is -0.508 e. The van der Waals surface area contributed by atoms with Crippen LogP contribution >= 0.6 is 0 Å². The van der Waals surface area contributed by atoms with Crippen molar-refractivity contribution in [3.63, 3.8) is 0 Å². The molecule has 0 amide bonds. The average Bonchev–Trinajstić information content (AvgIpc) is 2.69. The van der Waals surface area contributed by atoms with Gasteiger partial charge in [0, 0.05) is 18.5 Å². The Morgan fingerprint density at radius 3 is 2.94 bits per heavy atom. The average molecular weight is 218 g/mol. The molecule has 16 heavy (non-hydrogen) atoms. The summed E-state index contributed by atoms with van der Waals surface area (Å²) in [7, 11) is 0. The third-order valence-corrected chi connectivity index (χ3v) is 2.21. The molecular weight excluding hydrogens is 204 g/mol. The number of hydrogen-bond acceptors (Lipinski definition) is 3. The van der Waals surface area contributed by atoms with Crippen molar-refractivity contribution in [1.29, 1.82) is 0 Å². The molecule has 2 aromatic rings. The second-order valence-electron chi connectivity index (χ2n) is 3.65. The number of aromatic hydroxyl groups is 1. The van der Waals surface area contributed by atoms with Gasteiger partial charge in [-0.2, -0.15) is 0 Å². The zero-order chi connectivity index (χ0) is 11.4. The number of imidazole rings is 1. The van der Waals surface area contributed by atoms with Gasteiger partial charge in [-0.3, -0.25) is 0 Å². The molecule has 0 aliphatic carbocycles. The Kier molecular flexibility index (Phi) is 3.10. The highest BCUT2D eigenvalue weighted by molar-refractivity contribution is 5.36. The van der Waals surface area contributed by atoms with Crippen molar-refractivity contribution >= 4 is 0 Å². The van der Waals surface area contributed by atoms with Crippen molar-refractivity contribution in [2.45, 2.75) is 13.5 Å². The van der Waals surface area contributed by atoms with Crippen molar-refractivity contribution in [2.75, 3.05) is 6.61 Å². The molecule has 0 saturated heterocycles. The second kappa shape index (κ2) is 4.70. The maximum Gasteiger partial charge on any atom is 0.123 e. The van der Waals surface area contributed by atoms with Crippen molar-refractivity contribution in [3.8, 4) is 11.5 Å². The predicted molar refractivity (Wildman–Crippen MR) is 60.6 cm³/mol. The Balaban J connectivity index is 1.89. The molecule has 2 rings (SSSR count). The highest BCUT2D eigenvalue weighted by Gasteiger charge is 1.98. The van der Waals surface area contributed by atoms with Crippen LogP contribution in [0, 0.1) is 6.92 Å². The minimum atomic E-state index is 0.234. The van der Waals surface area contributed by atoms with Gasteiger partial charge in [-0.15, -0.1) is 0 Å². The summed E-state index contributed by atoms with van der Waals surface area (Å²) in [6.07, 6.45) is 5.37. The number of nitrogens with zero attached hydrogens (tertiary/aromatic N) is 2. The molecule has 1 aromatic heterocycles. The van der Waals surface area contributed by atoms with E-state index in [1.165, 1.54) is 0 Å². The third-order valence-electron chi connectivity index (χ3n) is 2.21. The fraction of sp³-hybridized carbons (Fsp3) is 0.250. The normalized spacial score (nSPS) is 10.3. The molecule has 0 bridgehead atoms. The Labute approximate surface area is 94.1 Å². The molecule has 0 spiro atoms. The maximum atomic E-state index is 9.38. The summed E-state index contributed by atoms with van der Waals surface area (Å²) < 4.78 is 7.47. The number of phenolic OH excluding ortho intramolecular Hbond substituents is 1. The molecule has 0 fully saturated rings. The number of aryl methyl sites for hydroxylation is 1. The predicted octanol–water partition coefficient (Wildman–Crippen LogP) is 1.98. The lowest BCUT2D eigenvalue weighted by molar-refractivity contribution is 0.296. The van der Waals surface area contributed by atoms with Gasteiger partial charge in [0.05, 0.1) is 12.9 Å². The van der Waals surface area contributed by atoms with Crippen molar-refractivity contribution in [1.82, 2.24) is 9.55 Å². The quantitative estimate of drug-likeness (QED) is 0.853. The van der Waals surface area contributed by atoms with Gasteiger partial charge in [-0.25, -0.2) is 4.98 Å². The summed E-state index contributed by atoms with van der Waals surface area (Å²) >= 11 is 0. The summed E-state index contributed by atoms with van der Waals surface area (Å²) in [6.45, 7) is 3.22. The molecule has 1 N–H and O–H groups in total. The van der Waals surface area contributed by atoms with Crippen LogP contribution in [0.15, 0.2) is 36.9 Å². The zero-order valence-electron chi connectivity index (χ0n) is 9.13. The number of aromatic nitrogens is 2. The number of phenols is 1. The van der Waals surface area contributed by atoms with Crippen LogP contribution in [0.25, 0.3) is 0 Å². The number of ether oxygens (including phenoxy) is 1. The molecule has 0 saturated carbocycles.